The number of hydrogen-bond donors (Lipinski definition) is 1. The molecule has 0 radical (unpaired) electrons. The van der Waals surface area contributed by atoms with E-state index in [-0.39, 0.29) is 0 Å². The molecule has 0 aliphatic rings. The fourth-order valence-corrected chi connectivity index (χ4v) is 1.77. The van der Waals surface area contributed by atoms with Crippen molar-refractivity contribution in [1.29, 1.82) is 0 Å². The Bertz CT molecular complexity index is 521. The normalized spacial score (nSPS) is 10.4. The lowest BCUT2D eigenvalue weighted by molar-refractivity contribution is 1.01. The molecule has 2 rings (SSSR count). The third-order valence-electron chi connectivity index (χ3n) is 2.68. The van der Waals surface area contributed by atoms with E-state index < -0.39 is 0 Å². The van der Waals surface area contributed by atoms with Gasteiger partial charge in [0.15, 0.2) is 0 Å². The Morgan fingerprint density at radius 1 is 1.00 bits per heavy atom. The van der Waals surface area contributed by atoms with Gasteiger partial charge >= 0.3 is 0 Å². The highest BCUT2D eigenvalue weighted by Gasteiger charge is 2.09. The van der Waals surface area contributed by atoms with Crippen molar-refractivity contribution in [2.75, 3.05) is 5.73 Å². The summed E-state index contributed by atoms with van der Waals surface area (Å²) in [6.07, 6.45) is 0. The standard InChI is InChI=1S/C12H12BrN3/c1-7-8(2)12(14)16-15-11(7)9-3-5-10(13)6-4-9/h3-6H,1-2H3,(H2,14,16). The van der Waals surface area contributed by atoms with Gasteiger partial charge in [-0.15, -0.1) is 10.2 Å². The van der Waals surface area contributed by atoms with E-state index in [9.17, 15) is 0 Å². The molecule has 2 N–H and O–H groups in total. The molecule has 0 saturated heterocycles. The molecule has 2 aromatic rings. The molecule has 3 nitrogen and oxygen atoms in total. The van der Waals surface area contributed by atoms with Gasteiger partial charge in [0.05, 0.1) is 5.69 Å². The first kappa shape index (κ1) is 11.1. The largest absolute Gasteiger partial charge is 0.382 e. The van der Waals surface area contributed by atoms with E-state index in [2.05, 4.69) is 26.1 Å². The van der Waals surface area contributed by atoms with E-state index in [0.717, 1.165) is 26.9 Å². The first-order valence-corrected chi connectivity index (χ1v) is 5.74. The van der Waals surface area contributed by atoms with Crippen LogP contribution in [0.2, 0.25) is 0 Å². The molecule has 1 heterocycles. The summed E-state index contributed by atoms with van der Waals surface area (Å²) in [6.45, 7) is 3.97. The zero-order chi connectivity index (χ0) is 11.7. The second-order valence-corrected chi connectivity index (χ2v) is 4.61. The molecule has 1 aromatic carbocycles. The molecule has 0 atom stereocenters. The van der Waals surface area contributed by atoms with Crippen molar-refractivity contribution in [2.24, 2.45) is 0 Å². The van der Waals surface area contributed by atoms with Gasteiger partial charge in [0.1, 0.15) is 5.82 Å². The molecule has 0 bridgehead atoms. The third kappa shape index (κ3) is 1.93. The number of halogens is 1. The number of hydrogen-bond acceptors (Lipinski definition) is 3. The maximum absolute atomic E-state index is 5.71. The summed E-state index contributed by atoms with van der Waals surface area (Å²) in [5.41, 5.74) is 9.72. The van der Waals surface area contributed by atoms with Crippen LogP contribution >= 0.6 is 15.9 Å². The summed E-state index contributed by atoms with van der Waals surface area (Å²) in [4.78, 5) is 0. The van der Waals surface area contributed by atoms with Crippen LogP contribution in [0.25, 0.3) is 11.3 Å². The summed E-state index contributed by atoms with van der Waals surface area (Å²) in [6, 6.07) is 8.00. The molecule has 0 aliphatic heterocycles. The minimum Gasteiger partial charge on any atom is -0.382 e. The maximum Gasteiger partial charge on any atom is 0.149 e. The number of nitrogen functional groups attached to an aromatic ring is 1. The fourth-order valence-electron chi connectivity index (χ4n) is 1.51. The van der Waals surface area contributed by atoms with E-state index in [1.165, 1.54) is 0 Å². The highest BCUT2D eigenvalue weighted by Crippen LogP contribution is 2.25. The van der Waals surface area contributed by atoms with Gasteiger partial charge in [0.2, 0.25) is 0 Å². The van der Waals surface area contributed by atoms with Gasteiger partial charge < -0.3 is 5.73 Å². The molecule has 16 heavy (non-hydrogen) atoms. The molecule has 0 aliphatic carbocycles. The second kappa shape index (κ2) is 4.22. The van der Waals surface area contributed by atoms with Crippen molar-refractivity contribution in [3.8, 4) is 11.3 Å². The van der Waals surface area contributed by atoms with Crippen LogP contribution in [-0.4, -0.2) is 10.2 Å². The highest BCUT2D eigenvalue weighted by molar-refractivity contribution is 9.10. The lowest BCUT2D eigenvalue weighted by Gasteiger charge is -2.08. The van der Waals surface area contributed by atoms with Crippen LogP contribution in [0, 0.1) is 13.8 Å². The number of nitrogens with two attached hydrogens (primary N) is 1. The number of aromatic nitrogens is 2. The van der Waals surface area contributed by atoms with Crippen LogP contribution in [0.4, 0.5) is 5.82 Å². The Balaban J connectivity index is 2.57. The molecule has 82 valence electrons. The summed E-state index contributed by atoms with van der Waals surface area (Å²) >= 11 is 3.41. The van der Waals surface area contributed by atoms with Crippen LogP contribution in [0.5, 0.6) is 0 Å². The van der Waals surface area contributed by atoms with Crippen molar-refractivity contribution in [3.63, 3.8) is 0 Å². The van der Waals surface area contributed by atoms with Crippen molar-refractivity contribution in [1.82, 2.24) is 10.2 Å². The maximum atomic E-state index is 5.71. The minimum absolute atomic E-state index is 0.498. The summed E-state index contributed by atoms with van der Waals surface area (Å²) in [7, 11) is 0. The van der Waals surface area contributed by atoms with Crippen molar-refractivity contribution in [3.05, 3.63) is 39.9 Å². The van der Waals surface area contributed by atoms with Crippen molar-refractivity contribution in [2.45, 2.75) is 13.8 Å². The topological polar surface area (TPSA) is 51.8 Å². The Hall–Kier alpha value is -1.42. The van der Waals surface area contributed by atoms with Crippen LogP contribution in [0.3, 0.4) is 0 Å². The molecule has 1 aromatic heterocycles. The van der Waals surface area contributed by atoms with E-state index in [4.69, 9.17) is 5.73 Å². The quantitative estimate of drug-likeness (QED) is 0.872. The molecule has 0 spiro atoms. The predicted molar refractivity (Wildman–Crippen MR) is 69.1 cm³/mol. The number of benzene rings is 1. The Labute approximate surface area is 103 Å². The summed E-state index contributed by atoms with van der Waals surface area (Å²) in [5.74, 6) is 0.498. The first-order chi connectivity index (χ1) is 7.59. The minimum atomic E-state index is 0.498. The Morgan fingerprint density at radius 3 is 2.25 bits per heavy atom. The lowest BCUT2D eigenvalue weighted by atomic mass is 10.0. The van der Waals surface area contributed by atoms with Gasteiger partial charge in [-0.2, -0.15) is 0 Å². The smallest absolute Gasteiger partial charge is 0.149 e. The molecular weight excluding hydrogens is 266 g/mol. The molecular formula is C12H12BrN3. The fraction of sp³-hybridized carbons (Fsp3) is 0.167. The average Bonchev–Trinajstić information content (AvgIpc) is 2.28. The van der Waals surface area contributed by atoms with Gasteiger partial charge in [0, 0.05) is 10.0 Å². The van der Waals surface area contributed by atoms with Gasteiger partial charge in [-0.25, -0.2) is 0 Å². The van der Waals surface area contributed by atoms with Crippen LogP contribution in [0.15, 0.2) is 28.7 Å². The van der Waals surface area contributed by atoms with Crippen LogP contribution in [0.1, 0.15) is 11.1 Å². The lowest BCUT2D eigenvalue weighted by Crippen LogP contribution is -2.01. The SMILES string of the molecule is Cc1c(N)nnc(-c2ccc(Br)cc2)c1C. The number of anilines is 1. The van der Waals surface area contributed by atoms with Gasteiger partial charge in [0.25, 0.3) is 0 Å². The van der Waals surface area contributed by atoms with Gasteiger partial charge in [-0.3, -0.25) is 0 Å². The Kier molecular flexibility index (Phi) is 2.92. The second-order valence-electron chi connectivity index (χ2n) is 3.69. The van der Waals surface area contributed by atoms with Crippen LogP contribution < -0.4 is 5.73 Å². The van der Waals surface area contributed by atoms with E-state index in [1.54, 1.807) is 0 Å². The molecule has 0 fully saturated rings. The monoisotopic (exact) mass is 277 g/mol. The molecule has 0 unspecified atom stereocenters. The molecule has 0 amide bonds. The van der Waals surface area contributed by atoms with Gasteiger partial charge in [-0.05, 0) is 37.1 Å². The number of rotatable bonds is 1. The molecule has 4 heteroatoms. The zero-order valence-electron chi connectivity index (χ0n) is 9.16. The highest BCUT2D eigenvalue weighted by atomic mass is 79.9. The first-order valence-electron chi connectivity index (χ1n) is 4.95. The van der Waals surface area contributed by atoms with E-state index in [0.29, 0.717) is 5.82 Å². The zero-order valence-corrected chi connectivity index (χ0v) is 10.7. The van der Waals surface area contributed by atoms with Crippen LogP contribution in [-0.2, 0) is 0 Å². The summed E-state index contributed by atoms with van der Waals surface area (Å²) in [5, 5.41) is 8.10. The van der Waals surface area contributed by atoms with Crippen molar-refractivity contribution >= 4 is 21.7 Å². The third-order valence-corrected chi connectivity index (χ3v) is 3.21. The predicted octanol–water partition coefficient (Wildman–Crippen LogP) is 3.11. The number of nitrogens with zero attached hydrogens (tertiary/aromatic N) is 2. The molecule has 0 saturated carbocycles. The van der Waals surface area contributed by atoms with Crippen molar-refractivity contribution < 1.29 is 0 Å². The Morgan fingerprint density at radius 2 is 1.62 bits per heavy atom. The van der Waals surface area contributed by atoms with Gasteiger partial charge in [-0.1, -0.05) is 28.1 Å². The van der Waals surface area contributed by atoms with E-state index in [1.807, 2.05) is 38.1 Å². The van der Waals surface area contributed by atoms with E-state index >= 15 is 0 Å². The average molecular weight is 278 g/mol. The summed E-state index contributed by atoms with van der Waals surface area (Å²) < 4.78 is 1.05.